The quantitative estimate of drug-likeness (QED) is 0.735. The van der Waals surface area contributed by atoms with Crippen molar-refractivity contribution >= 4 is 10.0 Å². The molecule has 0 aromatic heterocycles. The van der Waals surface area contributed by atoms with Crippen molar-refractivity contribution in [3.05, 3.63) is 0 Å². The van der Waals surface area contributed by atoms with E-state index in [1.165, 1.54) is 19.3 Å². The van der Waals surface area contributed by atoms with Crippen LogP contribution in [0.15, 0.2) is 0 Å². The molecule has 1 saturated carbocycles. The van der Waals surface area contributed by atoms with Crippen molar-refractivity contribution in [1.29, 1.82) is 0 Å². The largest absolute Gasteiger partial charge is 0.329 e. The zero-order chi connectivity index (χ0) is 11.3. The molecule has 0 aromatic carbocycles. The van der Waals surface area contributed by atoms with Crippen LogP contribution in [0.5, 0.6) is 0 Å². The lowest BCUT2D eigenvalue weighted by atomic mass is 9.81. The van der Waals surface area contributed by atoms with Crippen molar-refractivity contribution in [2.45, 2.75) is 32.6 Å². The van der Waals surface area contributed by atoms with E-state index in [2.05, 4.69) is 11.6 Å². The van der Waals surface area contributed by atoms with Crippen LogP contribution in [0, 0.1) is 11.8 Å². The Morgan fingerprint density at radius 3 is 2.60 bits per heavy atom. The summed E-state index contributed by atoms with van der Waals surface area (Å²) in [5.74, 6) is 1.18. The molecule has 0 amide bonds. The maximum atomic E-state index is 11.4. The van der Waals surface area contributed by atoms with Crippen molar-refractivity contribution in [3.63, 3.8) is 0 Å². The van der Waals surface area contributed by atoms with E-state index in [0.717, 1.165) is 6.42 Å². The van der Waals surface area contributed by atoms with Gasteiger partial charge in [-0.25, -0.2) is 13.1 Å². The zero-order valence-electron chi connectivity index (χ0n) is 9.41. The maximum Gasteiger partial charge on any atom is 0.212 e. The Morgan fingerprint density at radius 1 is 1.33 bits per heavy atom. The standard InChI is InChI=1S/C10H22N2O2S/c1-9-4-2-3-5-10(9)8-12-15(13,14)7-6-11/h9-10,12H,2-8,11H2,1H3. The van der Waals surface area contributed by atoms with Gasteiger partial charge < -0.3 is 5.73 Å². The Labute approximate surface area is 92.7 Å². The molecule has 0 heterocycles. The fourth-order valence-electron chi connectivity index (χ4n) is 2.16. The summed E-state index contributed by atoms with van der Waals surface area (Å²) in [5, 5.41) is 0. The first-order valence-corrected chi connectivity index (χ1v) is 7.38. The van der Waals surface area contributed by atoms with E-state index >= 15 is 0 Å². The van der Waals surface area contributed by atoms with Gasteiger partial charge >= 0.3 is 0 Å². The van der Waals surface area contributed by atoms with Crippen molar-refractivity contribution in [3.8, 4) is 0 Å². The highest BCUT2D eigenvalue weighted by molar-refractivity contribution is 7.89. The Morgan fingerprint density at radius 2 is 2.00 bits per heavy atom. The van der Waals surface area contributed by atoms with E-state index in [1.54, 1.807) is 0 Å². The normalized spacial score (nSPS) is 27.9. The molecule has 4 nitrogen and oxygen atoms in total. The molecule has 0 aromatic rings. The van der Waals surface area contributed by atoms with Gasteiger partial charge in [0.1, 0.15) is 0 Å². The van der Waals surface area contributed by atoms with Gasteiger partial charge in [0, 0.05) is 13.1 Å². The first-order valence-electron chi connectivity index (χ1n) is 5.72. The van der Waals surface area contributed by atoms with E-state index in [1.807, 2.05) is 0 Å². The topological polar surface area (TPSA) is 72.2 Å². The second-order valence-corrected chi connectivity index (χ2v) is 6.40. The summed E-state index contributed by atoms with van der Waals surface area (Å²) in [6.07, 6.45) is 4.89. The summed E-state index contributed by atoms with van der Waals surface area (Å²) in [7, 11) is -3.13. The molecular weight excluding hydrogens is 212 g/mol. The minimum absolute atomic E-state index is 0.0358. The minimum Gasteiger partial charge on any atom is -0.329 e. The molecule has 2 atom stereocenters. The van der Waals surface area contributed by atoms with Gasteiger partial charge in [-0.3, -0.25) is 0 Å². The molecule has 1 aliphatic carbocycles. The molecule has 0 bridgehead atoms. The van der Waals surface area contributed by atoms with E-state index < -0.39 is 10.0 Å². The molecule has 3 N–H and O–H groups in total. The van der Waals surface area contributed by atoms with Crippen molar-refractivity contribution in [2.75, 3.05) is 18.8 Å². The minimum atomic E-state index is -3.13. The molecule has 1 rings (SSSR count). The van der Waals surface area contributed by atoms with Crippen LogP contribution in [0.2, 0.25) is 0 Å². The van der Waals surface area contributed by atoms with Crippen LogP contribution in [-0.2, 0) is 10.0 Å². The molecule has 5 heteroatoms. The SMILES string of the molecule is CC1CCCCC1CNS(=O)(=O)CCN. The van der Waals surface area contributed by atoms with Gasteiger partial charge in [0.25, 0.3) is 0 Å². The summed E-state index contributed by atoms with van der Waals surface area (Å²) in [4.78, 5) is 0. The molecule has 0 spiro atoms. The molecule has 90 valence electrons. The van der Waals surface area contributed by atoms with Crippen molar-refractivity contribution in [2.24, 2.45) is 17.6 Å². The number of nitrogens with one attached hydrogen (secondary N) is 1. The number of hydrogen-bond donors (Lipinski definition) is 2. The van der Waals surface area contributed by atoms with Crippen molar-refractivity contribution < 1.29 is 8.42 Å². The molecule has 1 fully saturated rings. The lowest BCUT2D eigenvalue weighted by Gasteiger charge is -2.28. The Balaban J connectivity index is 2.35. The molecule has 0 radical (unpaired) electrons. The second kappa shape index (κ2) is 5.82. The summed E-state index contributed by atoms with van der Waals surface area (Å²) >= 11 is 0. The van der Waals surface area contributed by atoms with Crippen LogP contribution in [0.4, 0.5) is 0 Å². The molecular formula is C10H22N2O2S. The predicted octanol–water partition coefficient (Wildman–Crippen LogP) is 0.691. The molecule has 0 aliphatic heterocycles. The molecule has 1 aliphatic rings. The summed E-state index contributed by atoms with van der Waals surface area (Å²) < 4.78 is 25.4. The summed E-state index contributed by atoms with van der Waals surface area (Å²) in [5.41, 5.74) is 5.23. The van der Waals surface area contributed by atoms with Gasteiger partial charge in [-0.1, -0.05) is 26.2 Å². The number of hydrogen-bond acceptors (Lipinski definition) is 3. The fraction of sp³-hybridized carbons (Fsp3) is 1.00. The van der Waals surface area contributed by atoms with Gasteiger partial charge in [-0.15, -0.1) is 0 Å². The van der Waals surface area contributed by atoms with Gasteiger partial charge in [-0.05, 0) is 18.3 Å². The highest BCUT2D eigenvalue weighted by Crippen LogP contribution is 2.28. The second-order valence-electron chi connectivity index (χ2n) is 4.48. The first-order chi connectivity index (χ1) is 7.05. The van der Waals surface area contributed by atoms with Crippen molar-refractivity contribution in [1.82, 2.24) is 4.72 Å². The van der Waals surface area contributed by atoms with Crippen LogP contribution >= 0.6 is 0 Å². The van der Waals surface area contributed by atoms with E-state index in [-0.39, 0.29) is 12.3 Å². The Bertz CT molecular complexity index is 277. The number of rotatable bonds is 5. The van der Waals surface area contributed by atoms with E-state index in [4.69, 9.17) is 5.73 Å². The average molecular weight is 234 g/mol. The van der Waals surface area contributed by atoms with Crippen LogP contribution in [0.3, 0.4) is 0 Å². The van der Waals surface area contributed by atoms with Gasteiger partial charge in [0.05, 0.1) is 5.75 Å². The third-order valence-corrected chi connectivity index (χ3v) is 4.62. The van der Waals surface area contributed by atoms with Crippen LogP contribution in [-0.4, -0.2) is 27.3 Å². The lowest BCUT2D eigenvalue weighted by molar-refractivity contribution is 0.257. The monoisotopic (exact) mass is 234 g/mol. The van der Waals surface area contributed by atoms with Crippen LogP contribution < -0.4 is 10.5 Å². The average Bonchev–Trinajstić information content (AvgIpc) is 2.16. The van der Waals surface area contributed by atoms with Crippen LogP contribution in [0.1, 0.15) is 32.6 Å². The number of nitrogens with two attached hydrogens (primary N) is 1. The Kier molecular flexibility index (Phi) is 5.02. The maximum absolute atomic E-state index is 11.4. The summed E-state index contributed by atoms with van der Waals surface area (Å²) in [6, 6.07) is 0. The fourth-order valence-corrected chi connectivity index (χ4v) is 3.08. The molecule has 0 saturated heterocycles. The zero-order valence-corrected chi connectivity index (χ0v) is 10.2. The van der Waals surface area contributed by atoms with E-state index in [0.29, 0.717) is 18.4 Å². The Hall–Kier alpha value is -0.130. The van der Waals surface area contributed by atoms with E-state index in [9.17, 15) is 8.42 Å². The predicted molar refractivity (Wildman–Crippen MR) is 62.0 cm³/mol. The third-order valence-electron chi connectivity index (χ3n) is 3.24. The van der Waals surface area contributed by atoms with Gasteiger partial charge in [0.2, 0.25) is 10.0 Å². The first kappa shape index (κ1) is 12.9. The smallest absolute Gasteiger partial charge is 0.212 e. The molecule has 2 unspecified atom stereocenters. The van der Waals surface area contributed by atoms with Gasteiger partial charge in [-0.2, -0.15) is 0 Å². The van der Waals surface area contributed by atoms with Crippen LogP contribution in [0.25, 0.3) is 0 Å². The third kappa shape index (κ3) is 4.49. The highest BCUT2D eigenvalue weighted by atomic mass is 32.2. The van der Waals surface area contributed by atoms with Gasteiger partial charge in [0.15, 0.2) is 0 Å². The molecule has 15 heavy (non-hydrogen) atoms. The lowest BCUT2D eigenvalue weighted by Crippen LogP contribution is -2.36. The number of sulfonamides is 1. The highest BCUT2D eigenvalue weighted by Gasteiger charge is 2.22. The summed E-state index contributed by atoms with van der Waals surface area (Å²) in [6.45, 7) is 2.99.